The molecule has 1 N–H and O–H groups in total. The molecule has 1 saturated carbocycles. The van der Waals surface area contributed by atoms with Crippen molar-refractivity contribution < 1.29 is 14.6 Å². The van der Waals surface area contributed by atoms with Crippen LogP contribution in [-0.2, 0) is 9.47 Å². The van der Waals surface area contributed by atoms with Crippen LogP contribution in [0, 0.1) is 17.8 Å². The molecule has 0 spiro atoms. The molecule has 0 aromatic carbocycles. The average molecular weight is 228 g/mol. The molecule has 1 heterocycles. The van der Waals surface area contributed by atoms with E-state index in [0.717, 1.165) is 12.8 Å². The van der Waals surface area contributed by atoms with Gasteiger partial charge in [0.25, 0.3) is 0 Å². The predicted molar refractivity (Wildman–Crippen MR) is 62.0 cm³/mol. The van der Waals surface area contributed by atoms with Crippen LogP contribution < -0.4 is 0 Å². The molecule has 0 bridgehead atoms. The molecule has 16 heavy (non-hydrogen) atoms. The van der Waals surface area contributed by atoms with E-state index in [1.807, 2.05) is 0 Å². The Morgan fingerprint density at radius 3 is 2.62 bits per heavy atom. The average Bonchev–Trinajstić information content (AvgIpc) is 2.69. The maximum atomic E-state index is 11.0. The van der Waals surface area contributed by atoms with E-state index < -0.39 is 5.60 Å². The maximum Gasteiger partial charge on any atom is 0.147 e. The fraction of sp³-hybridized carbons (Fsp3) is 1.00. The first-order valence-electron chi connectivity index (χ1n) is 6.45. The second-order valence-electron chi connectivity index (χ2n) is 5.87. The zero-order valence-electron chi connectivity index (χ0n) is 10.6. The van der Waals surface area contributed by atoms with Gasteiger partial charge in [-0.15, -0.1) is 0 Å². The van der Waals surface area contributed by atoms with Crippen molar-refractivity contribution in [2.45, 2.75) is 51.7 Å². The predicted octanol–water partition coefficient (Wildman–Crippen LogP) is 2.18. The van der Waals surface area contributed by atoms with Crippen LogP contribution in [0.1, 0.15) is 40.0 Å². The van der Waals surface area contributed by atoms with Gasteiger partial charge in [-0.3, -0.25) is 0 Å². The molecule has 1 aliphatic carbocycles. The van der Waals surface area contributed by atoms with Gasteiger partial charge in [0.05, 0.1) is 12.2 Å². The summed E-state index contributed by atoms with van der Waals surface area (Å²) in [4.78, 5) is 0. The number of aliphatic hydroxyl groups is 1. The van der Waals surface area contributed by atoms with Crippen molar-refractivity contribution in [3.8, 4) is 0 Å². The summed E-state index contributed by atoms with van der Waals surface area (Å²) in [5.41, 5.74) is -0.678. The summed E-state index contributed by atoms with van der Waals surface area (Å²) in [6.07, 6.45) is 3.06. The van der Waals surface area contributed by atoms with Gasteiger partial charge in [0.2, 0.25) is 0 Å². The van der Waals surface area contributed by atoms with Gasteiger partial charge in [0.1, 0.15) is 12.9 Å². The fourth-order valence-electron chi connectivity index (χ4n) is 3.43. The third-order valence-corrected chi connectivity index (χ3v) is 4.27. The summed E-state index contributed by atoms with van der Waals surface area (Å²) in [7, 11) is 0. The molecule has 3 nitrogen and oxygen atoms in total. The smallest absolute Gasteiger partial charge is 0.147 e. The molecular weight excluding hydrogens is 204 g/mol. The highest BCUT2D eigenvalue weighted by Crippen LogP contribution is 2.44. The molecule has 0 aromatic rings. The van der Waals surface area contributed by atoms with Gasteiger partial charge in [-0.2, -0.15) is 0 Å². The Morgan fingerprint density at radius 1 is 1.31 bits per heavy atom. The van der Waals surface area contributed by atoms with E-state index in [0.29, 0.717) is 31.2 Å². The lowest BCUT2D eigenvalue weighted by atomic mass is 9.65. The Balaban J connectivity index is 2.16. The topological polar surface area (TPSA) is 38.7 Å². The molecule has 2 fully saturated rings. The normalized spacial score (nSPS) is 45.2. The van der Waals surface area contributed by atoms with Gasteiger partial charge in [-0.05, 0) is 30.6 Å². The standard InChI is InChI=1S/C13H24O3/c1-9(2)11-5-4-10(3)6-13(11,14)12-7-15-8-16-12/h9-12,14H,4-8H2,1-3H3. The summed E-state index contributed by atoms with van der Waals surface area (Å²) in [6, 6.07) is 0. The molecule has 1 aliphatic heterocycles. The Labute approximate surface area is 98.1 Å². The van der Waals surface area contributed by atoms with Gasteiger partial charge in [-0.25, -0.2) is 0 Å². The molecule has 2 aliphatic rings. The lowest BCUT2D eigenvalue weighted by Crippen LogP contribution is -2.54. The number of hydrogen-bond acceptors (Lipinski definition) is 3. The van der Waals surface area contributed by atoms with Gasteiger partial charge in [0, 0.05) is 0 Å². The first-order valence-corrected chi connectivity index (χ1v) is 6.45. The summed E-state index contributed by atoms with van der Waals surface area (Å²) < 4.78 is 10.8. The van der Waals surface area contributed by atoms with Crippen LogP contribution in [0.25, 0.3) is 0 Å². The largest absolute Gasteiger partial charge is 0.387 e. The quantitative estimate of drug-likeness (QED) is 0.787. The van der Waals surface area contributed by atoms with Crippen molar-refractivity contribution in [1.82, 2.24) is 0 Å². The van der Waals surface area contributed by atoms with Gasteiger partial charge in [0.15, 0.2) is 0 Å². The van der Waals surface area contributed by atoms with Crippen molar-refractivity contribution in [2.24, 2.45) is 17.8 Å². The minimum absolute atomic E-state index is 0.123. The van der Waals surface area contributed by atoms with Crippen molar-refractivity contribution in [3.63, 3.8) is 0 Å². The Hall–Kier alpha value is -0.120. The zero-order valence-corrected chi connectivity index (χ0v) is 10.6. The molecule has 1 saturated heterocycles. The molecule has 4 atom stereocenters. The lowest BCUT2D eigenvalue weighted by Gasteiger charge is -2.47. The SMILES string of the molecule is CC1CCC(C(C)C)C(O)(C2COCO2)C1. The minimum Gasteiger partial charge on any atom is -0.387 e. The summed E-state index contributed by atoms with van der Waals surface area (Å²) >= 11 is 0. The summed E-state index contributed by atoms with van der Waals surface area (Å²) in [5, 5.41) is 11.0. The van der Waals surface area contributed by atoms with Crippen LogP contribution in [0.15, 0.2) is 0 Å². The molecule has 4 unspecified atom stereocenters. The molecule has 0 amide bonds. The highest BCUT2D eigenvalue weighted by Gasteiger charge is 2.50. The van der Waals surface area contributed by atoms with E-state index in [2.05, 4.69) is 20.8 Å². The molecule has 0 radical (unpaired) electrons. The second kappa shape index (κ2) is 4.63. The second-order valence-corrected chi connectivity index (χ2v) is 5.87. The van der Waals surface area contributed by atoms with Crippen LogP contribution >= 0.6 is 0 Å². The third-order valence-electron chi connectivity index (χ3n) is 4.27. The van der Waals surface area contributed by atoms with E-state index in [9.17, 15) is 5.11 Å². The van der Waals surface area contributed by atoms with Gasteiger partial charge >= 0.3 is 0 Å². The number of hydrogen-bond donors (Lipinski definition) is 1. The van der Waals surface area contributed by atoms with Crippen LogP contribution in [0.4, 0.5) is 0 Å². The first kappa shape index (κ1) is 12.3. The Kier molecular flexibility index (Phi) is 3.57. The number of rotatable bonds is 2. The van der Waals surface area contributed by atoms with Crippen LogP contribution in [0.5, 0.6) is 0 Å². The molecule has 2 rings (SSSR count). The van der Waals surface area contributed by atoms with E-state index in [-0.39, 0.29) is 6.10 Å². The maximum absolute atomic E-state index is 11.0. The highest BCUT2D eigenvalue weighted by atomic mass is 16.7. The Bertz CT molecular complexity index is 235. The van der Waals surface area contributed by atoms with Crippen molar-refractivity contribution in [2.75, 3.05) is 13.4 Å². The van der Waals surface area contributed by atoms with Gasteiger partial charge in [-0.1, -0.05) is 27.2 Å². The number of ether oxygens (including phenoxy) is 2. The Morgan fingerprint density at radius 2 is 2.06 bits per heavy atom. The van der Waals surface area contributed by atoms with E-state index in [1.165, 1.54) is 6.42 Å². The van der Waals surface area contributed by atoms with E-state index in [4.69, 9.17) is 9.47 Å². The molecule has 94 valence electrons. The van der Waals surface area contributed by atoms with E-state index >= 15 is 0 Å². The van der Waals surface area contributed by atoms with Crippen LogP contribution in [0.2, 0.25) is 0 Å². The van der Waals surface area contributed by atoms with Crippen molar-refractivity contribution in [3.05, 3.63) is 0 Å². The van der Waals surface area contributed by atoms with E-state index in [1.54, 1.807) is 0 Å². The fourth-order valence-corrected chi connectivity index (χ4v) is 3.43. The highest BCUT2D eigenvalue weighted by molar-refractivity contribution is 4.99. The monoisotopic (exact) mass is 228 g/mol. The lowest BCUT2D eigenvalue weighted by molar-refractivity contribution is -0.155. The van der Waals surface area contributed by atoms with Crippen molar-refractivity contribution in [1.29, 1.82) is 0 Å². The zero-order chi connectivity index (χ0) is 11.8. The summed E-state index contributed by atoms with van der Waals surface area (Å²) in [5.74, 6) is 1.43. The van der Waals surface area contributed by atoms with Crippen molar-refractivity contribution >= 4 is 0 Å². The molecular formula is C13H24O3. The molecule has 3 heteroatoms. The molecule has 0 aromatic heterocycles. The minimum atomic E-state index is -0.678. The van der Waals surface area contributed by atoms with Crippen LogP contribution in [0.3, 0.4) is 0 Å². The first-order chi connectivity index (χ1) is 7.54. The summed E-state index contributed by atoms with van der Waals surface area (Å²) in [6.45, 7) is 7.50. The van der Waals surface area contributed by atoms with Crippen LogP contribution in [-0.4, -0.2) is 30.2 Å². The third kappa shape index (κ3) is 2.13. The van der Waals surface area contributed by atoms with Gasteiger partial charge < -0.3 is 14.6 Å².